The van der Waals surface area contributed by atoms with E-state index in [9.17, 15) is 14.3 Å². The van der Waals surface area contributed by atoms with Crippen LogP contribution in [0, 0.1) is 12.7 Å². The molecular weight excluding hydrogens is 414 g/mol. The molecule has 0 aromatic heterocycles. The van der Waals surface area contributed by atoms with Crippen molar-refractivity contribution in [3.05, 3.63) is 88.7 Å². The van der Waals surface area contributed by atoms with Crippen LogP contribution < -0.4 is 44.9 Å². The fourth-order valence-electron chi connectivity index (χ4n) is 4.27. The Hall–Kier alpha value is -2.34. The van der Waals surface area contributed by atoms with Gasteiger partial charge in [0.2, 0.25) is 0 Å². The van der Waals surface area contributed by atoms with Crippen LogP contribution in [-0.2, 0) is 24.2 Å². The van der Waals surface area contributed by atoms with Gasteiger partial charge in [-0.05, 0) is 79.1 Å². The summed E-state index contributed by atoms with van der Waals surface area (Å²) in [6, 6.07) is 19.7. The number of fused-ring (bicyclic) bond motifs is 1. The summed E-state index contributed by atoms with van der Waals surface area (Å²) in [6.45, 7) is 3.73. The molecule has 4 nitrogen and oxygen atoms in total. The molecule has 1 heterocycles. The minimum absolute atomic E-state index is 0. The van der Waals surface area contributed by atoms with Gasteiger partial charge in [0, 0.05) is 36.1 Å². The number of anilines is 3. The topological polar surface area (TPSA) is 55.4 Å². The number of aliphatic carboxylic acids is 1. The van der Waals surface area contributed by atoms with Crippen LogP contribution >= 0.6 is 0 Å². The molecule has 160 valence electrons. The minimum atomic E-state index is -1.17. The molecule has 1 aliphatic rings. The first-order valence-corrected chi connectivity index (χ1v) is 10.7. The van der Waals surface area contributed by atoms with Crippen molar-refractivity contribution in [2.75, 3.05) is 16.8 Å². The molecule has 0 spiro atoms. The van der Waals surface area contributed by atoms with Crippen LogP contribution in [0.5, 0.6) is 0 Å². The molecule has 3 aromatic carbocycles. The average Bonchev–Trinajstić information content (AvgIpc) is 2.78. The number of halogens is 1. The standard InChI is InChI=1S/C26H27FN2O2.Na/c1-18-21(17-28-22-13-11-19(24(27)16-22)12-14-25(30)31)10-9-20-6-5-15-29(26(18)20)23-7-3-2-4-8-23;/h2-4,7-11,13,16,28H,5-6,12,14-15,17H2,1H3,(H,30,31);/q;+1/p-1. The van der Waals surface area contributed by atoms with Gasteiger partial charge in [0.1, 0.15) is 5.82 Å². The molecule has 4 rings (SSSR count). The molecule has 6 heteroatoms. The normalized spacial score (nSPS) is 12.6. The maximum Gasteiger partial charge on any atom is 1.00 e. The largest absolute Gasteiger partial charge is 1.00 e. The summed E-state index contributed by atoms with van der Waals surface area (Å²) in [5.74, 6) is -1.57. The molecule has 0 amide bonds. The van der Waals surface area contributed by atoms with Gasteiger partial charge in [-0.15, -0.1) is 0 Å². The van der Waals surface area contributed by atoms with Crippen molar-refractivity contribution in [3.63, 3.8) is 0 Å². The number of rotatable bonds is 7. The molecule has 0 radical (unpaired) electrons. The van der Waals surface area contributed by atoms with Gasteiger partial charge in [0.25, 0.3) is 0 Å². The maximum atomic E-state index is 14.3. The fourth-order valence-corrected chi connectivity index (χ4v) is 4.27. The Labute approximate surface area is 210 Å². The molecule has 0 atom stereocenters. The van der Waals surface area contributed by atoms with E-state index < -0.39 is 11.8 Å². The number of hydrogen-bond acceptors (Lipinski definition) is 4. The van der Waals surface area contributed by atoms with Gasteiger partial charge in [0.05, 0.1) is 0 Å². The zero-order valence-corrected chi connectivity index (χ0v) is 20.7. The number of nitrogens with one attached hydrogen (secondary N) is 1. The monoisotopic (exact) mass is 440 g/mol. The molecule has 0 aliphatic carbocycles. The number of benzene rings is 3. The van der Waals surface area contributed by atoms with Crippen molar-refractivity contribution >= 4 is 23.0 Å². The van der Waals surface area contributed by atoms with Gasteiger partial charge in [-0.1, -0.05) is 36.4 Å². The second kappa shape index (κ2) is 11.0. The van der Waals surface area contributed by atoms with Crippen molar-refractivity contribution in [1.29, 1.82) is 0 Å². The smallest absolute Gasteiger partial charge is 0.550 e. The molecule has 1 N–H and O–H groups in total. The van der Waals surface area contributed by atoms with Crippen molar-refractivity contribution < 1.29 is 43.8 Å². The maximum absolute atomic E-state index is 14.3. The SMILES string of the molecule is Cc1c(CNc2ccc(CCC(=O)[O-])c(F)c2)ccc2c1N(c1ccccc1)CCC2.[Na+]. The van der Waals surface area contributed by atoms with E-state index in [1.54, 1.807) is 12.1 Å². The Morgan fingerprint density at radius 1 is 1.09 bits per heavy atom. The Morgan fingerprint density at radius 3 is 2.56 bits per heavy atom. The van der Waals surface area contributed by atoms with E-state index in [1.165, 1.54) is 34.1 Å². The van der Waals surface area contributed by atoms with E-state index >= 15 is 0 Å². The van der Waals surface area contributed by atoms with Gasteiger partial charge in [-0.3, -0.25) is 0 Å². The summed E-state index contributed by atoms with van der Waals surface area (Å²) in [4.78, 5) is 13.0. The third-order valence-corrected chi connectivity index (χ3v) is 5.93. The molecular formula is C26H26FN2NaO2. The predicted octanol–water partition coefficient (Wildman–Crippen LogP) is 1.52. The van der Waals surface area contributed by atoms with Crippen LogP contribution in [0.3, 0.4) is 0 Å². The van der Waals surface area contributed by atoms with Gasteiger partial charge in [-0.2, -0.15) is 0 Å². The minimum Gasteiger partial charge on any atom is -0.550 e. The first-order valence-electron chi connectivity index (χ1n) is 10.7. The van der Waals surface area contributed by atoms with Gasteiger partial charge in [-0.25, -0.2) is 4.39 Å². The summed E-state index contributed by atoms with van der Waals surface area (Å²) < 4.78 is 14.3. The van der Waals surface area contributed by atoms with Crippen molar-refractivity contribution in [2.45, 2.75) is 39.2 Å². The van der Waals surface area contributed by atoms with E-state index in [0.29, 0.717) is 17.8 Å². The molecule has 1 aliphatic heterocycles. The van der Waals surface area contributed by atoms with E-state index in [2.05, 4.69) is 53.5 Å². The number of carboxylic acids is 1. The number of aryl methyl sites for hydroxylation is 2. The molecule has 32 heavy (non-hydrogen) atoms. The second-order valence-electron chi connectivity index (χ2n) is 7.98. The van der Waals surface area contributed by atoms with Crippen LogP contribution in [0.2, 0.25) is 0 Å². The molecule has 0 unspecified atom stereocenters. The number of carboxylic acid groups (broad SMARTS) is 1. The van der Waals surface area contributed by atoms with Crippen LogP contribution in [0.4, 0.5) is 21.5 Å². The first-order chi connectivity index (χ1) is 15.0. The van der Waals surface area contributed by atoms with Crippen LogP contribution in [0.1, 0.15) is 35.1 Å². The zero-order chi connectivity index (χ0) is 21.8. The van der Waals surface area contributed by atoms with E-state index in [1.807, 2.05) is 6.07 Å². The molecule has 0 bridgehead atoms. The van der Waals surface area contributed by atoms with Crippen LogP contribution in [-0.4, -0.2) is 12.5 Å². The Morgan fingerprint density at radius 2 is 1.84 bits per heavy atom. The third-order valence-electron chi connectivity index (χ3n) is 5.93. The van der Waals surface area contributed by atoms with Crippen LogP contribution in [0.25, 0.3) is 0 Å². The molecule has 0 fully saturated rings. The van der Waals surface area contributed by atoms with Crippen molar-refractivity contribution in [2.24, 2.45) is 0 Å². The summed E-state index contributed by atoms with van der Waals surface area (Å²) in [7, 11) is 0. The van der Waals surface area contributed by atoms with Gasteiger partial charge >= 0.3 is 29.6 Å². The second-order valence-corrected chi connectivity index (χ2v) is 7.98. The Balaban J connectivity index is 0.00000289. The quantitative estimate of drug-likeness (QED) is 0.566. The number of carbonyl (C=O) groups is 1. The zero-order valence-electron chi connectivity index (χ0n) is 18.7. The summed E-state index contributed by atoms with van der Waals surface area (Å²) in [5, 5.41) is 13.9. The Kier molecular flexibility index (Phi) is 8.35. The van der Waals surface area contributed by atoms with E-state index in [4.69, 9.17) is 0 Å². The van der Waals surface area contributed by atoms with Crippen molar-refractivity contribution in [3.8, 4) is 0 Å². The van der Waals surface area contributed by atoms with Crippen molar-refractivity contribution in [1.82, 2.24) is 0 Å². The summed E-state index contributed by atoms with van der Waals surface area (Å²) >= 11 is 0. The fraction of sp³-hybridized carbons (Fsp3) is 0.269. The summed E-state index contributed by atoms with van der Waals surface area (Å²) in [6.07, 6.45) is 2.15. The third kappa shape index (κ3) is 5.52. The number of nitrogens with zero attached hydrogens (tertiary/aromatic N) is 1. The predicted molar refractivity (Wildman–Crippen MR) is 120 cm³/mol. The van der Waals surface area contributed by atoms with Crippen LogP contribution in [0.15, 0.2) is 60.7 Å². The number of carbonyl (C=O) groups excluding carboxylic acids is 1. The molecule has 3 aromatic rings. The summed E-state index contributed by atoms with van der Waals surface area (Å²) in [5.41, 5.74) is 7.30. The van der Waals surface area contributed by atoms with Gasteiger partial charge in [0.15, 0.2) is 0 Å². The Bertz CT molecular complexity index is 1090. The number of hydrogen-bond donors (Lipinski definition) is 1. The number of para-hydroxylation sites is 1. The van der Waals surface area contributed by atoms with E-state index in [0.717, 1.165) is 19.4 Å². The van der Waals surface area contributed by atoms with Gasteiger partial charge < -0.3 is 20.1 Å². The molecule has 0 saturated heterocycles. The first kappa shape index (κ1) is 24.3. The molecule has 0 saturated carbocycles. The average molecular weight is 440 g/mol. The van der Waals surface area contributed by atoms with E-state index in [-0.39, 0.29) is 42.4 Å².